The van der Waals surface area contributed by atoms with Crippen molar-refractivity contribution in [1.29, 1.82) is 0 Å². The largest absolute Gasteiger partial charge is 0.341 e. The van der Waals surface area contributed by atoms with E-state index in [1.165, 1.54) is 0 Å². The van der Waals surface area contributed by atoms with E-state index in [1.54, 1.807) is 0 Å². The van der Waals surface area contributed by atoms with Crippen molar-refractivity contribution in [2.24, 2.45) is 0 Å². The van der Waals surface area contributed by atoms with Crippen molar-refractivity contribution in [1.82, 2.24) is 20.2 Å². The Hall–Kier alpha value is -2.92. The molecule has 150 valence electrons. The van der Waals surface area contributed by atoms with Gasteiger partial charge in [0, 0.05) is 49.1 Å². The summed E-state index contributed by atoms with van der Waals surface area (Å²) in [5.74, 6) is 1.04. The van der Waals surface area contributed by atoms with E-state index in [0.717, 1.165) is 54.5 Å². The number of rotatable bonds is 5. The first kappa shape index (κ1) is 19.4. The van der Waals surface area contributed by atoms with Crippen molar-refractivity contribution in [3.8, 4) is 22.5 Å². The maximum Gasteiger partial charge on any atom is 0.223 e. The number of nitrogens with zero attached hydrogens (tertiary/aromatic N) is 2. The second-order valence-corrected chi connectivity index (χ2v) is 8.23. The Labute approximate surface area is 172 Å². The molecule has 2 heterocycles. The molecule has 1 aliphatic rings. The number of carbonyl (C=O) groups excluding carboxylic acids is 1. The van der Waals surface area contributed by atoms with Gasteiger partial charge in [-0.3, -0.25) is 4.79 Å². The molecule has 0 atom stereocenters. The van der Waals surface area contributed by atoms with Gasteiger partial charge in [-0.2, -0.15) is 0 Å². The van der Waals surface area contributed by atoms with E-state index in [-0.39, 0.29) is 5.91 Å². The fourth-order valence-electron chi connectivity index (χ4n) is 3.80. The number of hydrogen-bond donors (Lipinski definition) is 2. The van der Waals surface area contributed by atoms with Gasteiger partial charge in [-0.25, -0.2) is 4.98 Å². The molecule has 0 radical (unpaired) electrons. The van der Waals surface area contributed by atoms with Crippen molar-refractivity contribution in [3.63, 3.8) is 0 Å². The van der Waals surface area contributed by atoms with Crippen LogP contribution < -0.4 is 5.32 Å². The highest BCUT2D eigenvalue weighted by Crippen LogP contribution is 2.35. The summed E-state index contributed by atoms with van der Waals surface area (Å²) in [4.78, 5) is 23.4. The van der Waals surface area contributed by atoms with Crippen LogP contribution in [0.4, 0.5) is 0 Å². The third-order valence-corrected chi connectivity index (χ3v) is 5.52. The van der Waals surface area contributed by atoms with Gasteiger partial charge in [-0.05, 0) is 0 Å². The maximum atomic E-state index is 12.9. The number of nitrogens with one attached hydrogen (secondary N) is 2. The zero-order valence-electron chi connectivity index (χ0n) is 17.1. The highest BCUT2D eigenvalue weighted by Gasteiger charge is 2.31. The minimum atomic E-state index is -0.390. The Morgan fingerprint density at radius 3 is 2.17 bits per heavy atom. The predicted octanol–water partition coefficient (Wildman–Crippen LogP) is 3.84. The molecule has 4 rings (SSSR count). The van der Waals surface area contributed by atoms with Gasteiger partial charge in [0.2, 0.25) is 5.91 Å². The van der Waals surface area contributed by atoms with Crippen LogP contribution in [0, 0.1) is 0 Å². The Balaban J connectivity index is 1.68. The summed E-state index contributed by atoms with van der Waals surface area (Å²) in [6, 6.07) is 20.5. The Morgan fingerprint density at radius 1 is 0.966 bits per heavy atom. The van der Waals surface area contributed by atoms with E-state index in [0.29, 0.717) is 6.42 Å². The number of benzene rings is 2. The quantitative estimate of drug-likeness (QED) is 0.698. The average molecular weight is 389 g/mol. The molecule has 3 aromatic rings. The molecule has 1 fully saturated rings. The van der Waals surface area contributed by atoms with Crippen LogP contribution in [0.2, 0.25) is 0 Å². The Kier molecular flexibility index (Phi) is 5.49. The van der Waals surface area contributed by atoms with Gasteiger partial charge >= 0.3 is 0 Å². The highest BCUT2D eigenvalue weighted by molar-refractivity contribution is 5.80. The monoisotopic (exact) mass is 388 g/mol. The van der Waals surface area contributed by atoms with Gasteiger partial charge in [0.1, 0.15) is 5.82 Å². The number of aromatic amines is 1. The third kappa shape index (κ3) is 4.25. The van der Waals surface area contributed by atoms with Gasteiger partial charge in [-0.1, -0.05) is 74.5 Å². The van der Waals surface area contributed by atoms with E-state index in [4.69, 9.17) is 4.98 Å². The Morgan fingerprint density at radius 2 is 1.55 bits per heavy atom. The lowest BCUT2D eigenvalue weighted by Crippen LogP contribution is -2.47. The molecule has 0 unspecified atom stereocenters. The predicted molar refractivity (Wildman–Crippen MR) is 117 cm³/mol. The first-order chi connectivity index (χ1) is 14.0. The molecule has 1 saturated heterocycles. The molecule has 0 bridgehead atoms. The SMILES string of the molecule is CC(C)(CC(=O)N1CCNCC1)c1nc(-c2ccccc2)c(-c2ccccc2)[nH]1. The van der Waals surface area contributed by atoms with Crippen molar-refractivity contribution >= 4 is 5.91 Å². The van der Waals surface area contributed by atoms with E-state index in [1.807, 2.05) is 41.3 Å². The minimum Gasteiger partial charge on any atom is -0.341 e. The van der Waals surface area contributed by atoms with Crippen LogP contribution in [-0.4, -0.2) is 47.0 Å². The summed E-state index contributed by atoms with van der Waals surface area (Å²) in [5, 5.41) is 3.30. The highest BCUT2D eigenvalue weighted by atomic mass is 16.2. The maximum absolute atomic E-state index is 12.9. The van der Waals surface area contributed by atoms with E-state index in [9.17, 15) is 4.79 Å². The lowest BCUT2D eigenvalue weighted by atomic mass is 9.87. The first-order valence-electron chi connectivity index (χ1n) is 10.2. The minimum absolute atomic E-state index is 0.190. The summed E-state index contributed by atoms with van der Waals surface area (Å²) in [6.07, 6.45) is 0.434. The van der Waals surface area contributed by atoms with Crippen LogP contribution in [0.1, 0.15) is 26.1 Å². The zero-order chi connectivity index (χ0) is 20.3. The lowest BCUT2D eigenvalue weighted by Gasteiger charge is -2.31. The lowest BCUT2D eigenvalue weighted by molar-refractivity contribution is -0.132. The molecule has 0 saturated carbocycles. The van der Waals surface area contributed by atoms with Crippen molar-refractivity contribution in [2.75, 3.05) is 26.2 Å². The number of imidazole rings is 1. The van der Waals surface area contributed by atoms with E-state index in [2.05, 4.69) is 48.4 Å². The number of aromatic nitrogens is 2. The number of hydrogen-bond acceptors (Lipinski definition) is 3. The van der Waals surface area contributed by atoms with Crippen LogP contribution in [0.3, 0.4) is 0 Å². The van der Waals surface area contributed by atoms with Gasteiger partial charge in [0.15, 0.2) is 0 Å². The zero-order valence-corrected chi connectivity index (χ0v) is 17.1. The summed E-state index contributed by atoms with van der Waals surface area (Å²) in [7, 11) is 0. The summed E-state index contributed by atoms with van der Waals surface area (Å²) < 4.78 is 0. The first-order valence-corrected chi connectivity index (χ1v) is 10.2. The summed E-state index contributed by atoms with van der Waals surface area (Å²) >= 11 is 0. The van der Waals surface area contributed by atoms with Crippen LogP contribution >= 0.6 is 0 Å². The van der Waals surface area contributed by atoms with Gasteiger partial charge in [-0.15, -0.1) is 0 Å². The van der Waals surface area contributed by atoms with Gasteiger partial charge in [0.05, 0.1) is 11.4 Å². The topological polar surface area (TPSA) is 61.0 Å². The third-order valence-electron chi connectivity index (χ3n) is 5.52. The molecule has 2 N–H and O–H groups in total. The number of carbonyl (C=O) groups is 1. The van der Waals surface area contributed by atoms with Crippen LogP contribution in [-0.2, 0) is 10.2 Å². The van der Waals surface area contributed by atoms with Crippen molar-refractivity contribution in [2.45, 2.75) is 25.7 Å². The molecule has 0 spiro atoms. The second kappa shape index (κ2) is 8.21. The number of H-pyrrole nitrogens is 1. The Bertz CT molecular complexity index is 900. The molecule has 5 nitrogen and oxygen atoms in total. The molecular formula is C24H28N4O. The van der Waals surface area contributed by atoms with E-state index >= 15 is 0 Å². The molecular weight excluding hydrogens is 360 g/mol. The standard InChI is InChI=1S/C24H28N4O/c1-24(2,17-20(29)28-15-13-25-14-16-28)23-26-21(18-9-5-3-6-10-18)22(27-23)19-11-7-4-8-12-19/h3-12,25H,13-17H2,1-2H3,(H,26,27). The molecule has 1 aromatic heterocycles. The number of piperazine rings is 1. The summed E-state index contributed by atoms with van der Waals surface area (Å²) in [5.41, 5.74) is 3.69. The van der Waals surface area contributed by atoms with Gasteiger partial charge < -0.3 is 15.2 Å². The molecule has 2 aromatic carbocycles. The second-order valence-electron chi connectivity index (χ2n) is 8.23. The molecule has 1 aliphatic heterocycles. The van der Waals surface area contributed by atoms with Gasteiger partial charge in [0.25, 0.3) is 0 Å². The normalized spacial score (nSPS) is 14.8. The number of amides is 1. The summed E-state index contributed by atoms with van der Waals surface area (Å²) in [6.45, 7) is 7.46. The van der Waals surface area contributed by atoms with E-state index < -0.39 is 5.41 Å². The van der Waals surface area contributed by atoms with Crippen LogP contribution in [0.15, 0.2) is 60.7 Å². The molecule has 0 aliphatic carbocycles. The van der Waals surface area contributed by atoms with Crippen molar-refractivity contribution in [3.05, 3.63) is 66.5 Å². The smallest absolute Gasteiger partial charge is 0.223 e. The fourth-order valence-corrected chi connectivity index (χ4v) is 3.80. The fraction of sp³-hybridized carbons (Fsp3) is 0.333. The molecule has 5 heteroatoms. The van der Waals surface area contributed by atoms with Crippen LogP contribution in [0.25, 0.3) is 22.5 Å². The van der Waals surface area contributed by atoms with Crippen molar-refractivity contribution < 1.29 is 4.79 Å². The average Bonchev–Trinajstić information content (AvgIpc) is 3.22. The molecule has 1 amide bonds. The molecule has 29 heavy (non-hydrogen) atoms. The van der Waals surface area contributed by atoms with Crippen LogP contribution in [0.5, 0.6) is 0 Å².